The number of halogens is 2. The first-order valence-electron chi connectivity index (χ1n) is 4.31. The van der Waals surface area contributed by atoms with Crippen LogP contribution in [-0.4, -0.2) is 4.98 Å². The molecule has 15 heavy (non-hydrogen) atoms. The first-order chi connectivity index (χ1) is 7.16. The van der Waals surface area contributed by atoms with Crippen LogP contribution in [0.15, 0.2) is 41.3 Å². The van der Waals surface area contributed by atoms with E-state index >= 15 is 0 Å². The highest BCUT2D eigenvalue weighted by atomic mass is 35.5. The van der Waals surface area contributed by atoms with Gasteiger partial charge in [-0.2, -0.15) is 0 Å². The molecule has 0 fully saturated rings. The Bertz CT molecular complexity index is 548. The predicted octanol–water partition coefficient (Wildman–Crippen LogP) is 3.35. The SMILES string of the molecule is O=c1cc[nH]c(-c2cc(Cl)ccc2Cl)c1. The third-order valence-electron chi connectivity index (χ3n) is 1.99. The van der Waals surface area contributed by atoms with Gasteiger partial charge in [0, 0.05) is 33.9 Å². The number of nitrogens with one attached hydrogen (secondary N) is 1. The molecule has 0 aliphatic heterocycles. The van der Waals surface area contributed by atoms with Crippen molar-refractivity contribution < 1.29 is 0 Å². The van der Waals surface area contributed by atoms with Crippen molar-refractivity contribution in [3.63, 3.8) is 0 Å². The van der Waals surface area contributed by atoms with Gasteiger partial charge < -0.3 is 4.98 Å². The van der Waals surface area contributed by atoms with E-state index in [9.17, 15) is 4.79 Å². The molecule has 0 bridgehead atoms. The summed E-state index contributed by atoms with van der Waals surface area (Å²) in [5, 5.41) is 1.14. The Morgan fingerprint density at radius 2 is 1.87 bits per heavy atom. The monoisotopic (exact) mass is 239 g/mol. The van der Waals surface area contributed by atoms with E-state index in [2.05, 4.69) is 4.98 Å². The minimum absolute atomic E-state index is 0.0696. The van der Waals surface area contributed by atoms with Crippen LogP contribution in [0, 0.1) is 0 Å². The van der Waals surface area contributed by atoms with Gasteiger partial charge in [0.1, 0.15) is 0 Å². The summed E-state index contributed by atoms with van der Waals surface area (Å²) in [5.74, 6) is 0. The van der Waals surface area contributed by atoms with Crippen LogP contribution in [0.1, 0.15) is 0 Å². The molecule has 0 saturated heterocycles. The van der Waals surface area contributed by atoms with E-state index in [4.69, 9.17) is 23.2 Å². The number of pyridine rings is 1. The number of H-pyrrole nitrogens is 1. The summed E-state index contributed by atoms with van der Waals surface area (Å²) in [6.45, 7) is 0. The van der Waals surface area contributed by atoms with E-state index in [1.807, 2.05) is 0 Å². The molecule has 1 N–H and O–H groups in total. The van der Waals surface area contributed by atoms with Gasteiger partial charge in [0.05, 0.1) is 5.69 Å². The Morgan fingerprint density at radius 3 is 2.60 bits per heavy atom. The van der Waals surface area contributed by atoms with Crippen LogP contribution in [0.3, 0.4) is 0 Å². The van der Waals surface area contributed by atoms with E-state index in [1.165, 1.54) is 12.1 Å². The van der Waals surface area contributed by atoms with Crippen molar-refractivity contribution in [2.45, 2.75) is 0 Å². The fraction of sp³-hybridized carbons (Fsp3) is 0. The number of benzene rings is 1. The number of hydrogen-bond donors (Lipinski definition) is 1. The van der Waals surface area contributed by atoms with Crippen molar-refractivity contribution in [1.29, 1.82) is 0 Å². The fourth-order valence-electron chi connectivity index (χ4n) is 1.31. The van der Waals surface area contributed by atoms with Gasteiger partial charge in [-0.15, -0.1) is 0 Å². The average molecular weight is 240 g/mol. The van der Waals surface area contributed by atoms with E-state index in [0.29, 0.717) is 15.7 Å². The van der Waals surface area contributed by atoms with Gasteiger partial charge >= 0.3 is 0 Å². The van der Waals surface area contributed by atoms with E-state index in [1.54, 1.807) is 24.4 Å². The normalized spacial score (nSPS) is 10.3. The molecule has 0 spiro atoms. The predicted molar refractivity (Wildman–Crippen MR) is 62.5 cm³/mol. The summed E-state index contributed by atoms with van der Waals surface area (Å²) in [5.41, 5.74) is 1.32. The quantitative estimate of drug-likeness (QED) is 0.814. The van der Waals surface area contributed by atoms with Gasteiger partial charge in [-0.25, -0.2) is 0 Å². The van der Waals surface area contributed by atoms with Gasteiger partial charge in [0.15, 0.2) is 5.43 Å². The van der Waals surface area contributed by atoms with E-state index in [-0.39, 0.29) is 5.43 Å². The molecule has 0 unspecified atom stereocenters. The molecule has 2 nitrogen and oxygen atoms in total. The zero-order valence-electron chi connectivity index (χ0n) is 7.63. The molecule has 2 rings (SSSR count). The summed E-state index contributed by atoms with van der Waals surface area (Å²) < 4.78 is 0. The molecule has 1 aromatic heterocycles. The summed E-state index contributed by atoms with van der Waals surface area (Å²) >= 11 is 11.9. The van der Waals surface area contributed by atoms with Crippen molar-refractivity contribution in [3.8, 4) is 11.3 Å². The lowest BCUT2D eigenvalue weighted by atomic mass is 10.1. The van der Waals surface area contributed by atoms with E-state index in [0.717, 1.165) is 5.56 Å². The van der Waals surface area contributed by atoms with Gasteiger partial charge in [-0.3, -0.25) is 4.79 Å². The van der Waals surface area contributed by atoms with E-state index < -0.39 is 0 Å². The average Bonchev–Trinajstić information content (AvgIpc) is 2.22. The summed E-state index contributed by atoms with van der Waals surface area (Å²) in [4.78, 5) is 14.1. The summed E-state index contributed by atoms with van der Waals surface area (Å²) in [6, 6.07) is 8.05. The van der Waals surface area contributed by atoms with Crippen LogP contribution >= 0.6 is 23.2 Å². The zero-order chi connectivity index (χ0) is 10.8. The second kappa shape index (κ2) is 4.09. The lowest BCUT2D eigenvalue weighted by molar-refractivity contribution is 1.30. The van der Waals surface area contributed by atoms with Crippen LogP contribution in [0.5, 0.6) is 0 Å². The van der Waals surface area contributed by atoms with Crippen molar-refractivity contribution in [2.24, 2.45) is 0 Å². The van der Waals surface area contributed by atoms with Crippen LogP contribution in [0.2, 0.25) is 10.0 Å². The van der Waals surface area contributed by atoms with Gasteiger partial charge in [-0.1, -0.05) is 23.2 Å². The molecule has 0 saturated carbocycles. The Kier molecular flexibility index (Phi) is 2.80. The standard InChI is InChI=1S/C11H7Cl2NO/c12-7-1-2-10(13)9(5-7)11-6-8(15)3-4-14-11/h1-6H,(H,14,15). The Balaban J connectivity index is 2.63. The lowest BCUT2D eigenvalue weighted by Gasteiger charge is -2.04. The molecule has 1 aromatic carbocycles. The number of aromatic amines is 1. The molecular formula is C11H7Cl2NO. The Hall–Kier alpha value is -1.25. The molecule has 0 atom stereocenters. The van der Waals surface area contributed by atoms with Crippen molar-refractivity contribution in [3.05, 3.63) is 56.8 Å². The van der Waals surface area contributed by atoms with Crippen LogP contribution in [0.25, 0.3) is 11.3 Å². The molecule has 76 valence electrons. The molecule has 2 aromatic rings. The fourth-order valence-corrected chi connectivity index (χ4v) is 1.70. The second-order valence-corrected chi connectivity index (χ2v) is 3.91. The molecule has 4 heteroatoms. The topological polar surface area (TPSA) is 32.9 Å². The second-order valence-electron chi connectivity index (χ2n) is 3.06. The maximum absolute atomic E-state index is 11.2. The molecule has 1 heterocycles. The number of rotatable bonds is 1. The Morgan fingerprint density at radius 1 is 1.07 bits per heavy atom. The summed E-state index contributed by atoms with van der Waals surface area (Å²) in [7, 11) is 0. The summed E-state index contributed by atoms with van der Waals surface area (Å²) in [6.07, 6.45) is 1.58. The first-order valence-corrected chi connectivity index (χ1v) is 5.06. The zero-order valence-corrected chi connectivity index (χ0v) is 9.14. The Labute approximate surface area is 96.5 Å². The smallest absolute Gasteiger partial charge is 0.182 e. The van der Waals surface area contributed by atoms with Crippen LogP contribution < -0.4 is 5.43 Å². The van der Waals surface area contributed by atoms with Gasteiger partial charge in [-0.05, 0) is 18.2 Å². The van der Waals surface area contributed by atoms with Crippen LogP contribution in [0.4, 0.5) is 0 Å². The van der Waals surface area contributed by atoms with Gasteiger partial charge in [0.2, 0.25) is 0 Å². The van der Waals surface area contributed by atoms with Gasteiger partial charge in [0.25, 0.3) is 0 Å². The minimum atomic E-state index is -0.0696. The van der Waals surface area contributed by atoms with Crippen molar-refractivity contribution in [2.75, 3.05) is 0 Å². The molecule has 0 radical (unpaired) electrons. The third kappa shape index (κ3) is 2.22. The van der Waals surface area contributed by atoms with Crippen molar-refractivity contribution in [1.82, 2.24) is 4.98 Å². The highest BCUT2D eigenvalue weighted by molar-refractivity contribution is 6.35. The minimum Gasteiger partial charge on any atom is -0.361 e. The lowest BCUT2D eigenvalue weighted by Crippen LogP contribution is -1.98. The number of hydrogen-bond acceptors (Lipinski definition) is 1. The highest BCUT2D eigenvalue weighted by Crippen LogP contribution is 2.28. The molecule has 0 amide bonds. The largest absolute Gasteiger partial charge is 0.361 e. The molecule has 0 aliphatic rings. The molecular weight excluding hydrogens is 233 g/mol. The maximum Gasteiger partial charge on any atom is 0.182 e. The molecule has 0 aliphatic carbocycles. The third-order valence-corrected chi connectivity index (χ3v) is 2.56. The first kappa shape index (κ1) is 10.3. The number of aromatic nitrogens is 1. The maximum atomic E-state index is 11.2. The highest BCUT2D eigenvalue weighted by Gasteiger charge is 2.04. The van der Waals surface area contributed by atoms with Crippen LogP contribution in [-0.2, 0) is 0 Å². The van der Waals surface area contributed by atoms with Crippen molar-refractivity contribution >= 4 is 23.2 Å².